The van der Waals surface area contributed by atoms with E-state index in [4.69, 9.17) is 18.0 Å². The summed E-state index contributed by atoms with van der Waals surface area (Å²) in [7, 11) is -3.14. The van der Waals surface area contributed by atoms with E-state index in [0.717, 1.165) is 12.8 Å². The second-order valence-electron chi connectivity index (χ2n) is 4.73. The molecule has 4 nitrogen and oxygen atoms in total. The lowest BCUT2D eigenvalue weighted by atomic mass is 10.3. The van der Waals surface area contributed by atoms with Crippen LogP contribution in [0.3, 0.4) is 0 Å². The molecule has 0 unspecified atom stereocenters. The van der Waals surface area contributed by atoms with Gasteiger partial charge in [0.1, 0.15) is 0 Å². The number of hydrogen-bond acceptors (Lipinski definition) is 3. The van der Waals surface area contributed by atoms with Crippen LogP contribution in [0.15, 0.2) is 0 Å². The maximum Gasteiger partial charge on any atom is 0.214 e. The summed E-state index contributed by atoms with van der Waals surface area (Å²) < 4.78 is 25.7. The van der Waals surface area contributed by atoms with Crippen molar-refractivity contribution in [3.8, 4) is 0 Å². The first-order valence-electron chi connectivity index (χ1n) is 5.60. The van der Waals surface area contributed by atoms with Crippen LogP contribution in [-0.4, -0.2) is 36.1 Å². The molecule has 1 rings (SSSR count). The second kappa shape index (κ2) is 5.42. The molecule has 0 aliphatic heterocycles. The van der Waals surface area contributed by atoms with E-state index in [1.807, 2.05) is 13.8 Å². The van der Waals surface area contributed by atoms with Crippen LogP contribution in [0, 0.1) is 5.92 Å². The van der Waals surface area contributed by atoms with Crippen LogP contribution in [0.5, 0.6) is 0 Å². The summed E-state index contributed by atoms with van der Waals surface area (Å²) in [4.78, 5) is 0.380. The average Bonchev–Trinajstić information content (AvgIpc) is 2.84. The summed E-state index contributed by atoms with van der Waals surface area (Å²) in [6, 6.07) is 0.193. The molecule has 2 N–H and O–H groups in total. The Kier molecular flexibility index (Phi) is 4.70. The number of sulfonamides is 1. The lowest BCUT2D eigenvalue weighted by molar-refractivity contribution is 0.409. The van der Waals surface area contributed by atoms with Gasteiger partial charge in [0.15, 0.2) is 0 Å². The van der Waals surface area contributed by atoms with Crippen molar-refractivity contribution in [2.45, 2.75) is 39.2 Å². The Morgan fingerprint density at radius 1 is 1.50 bits per heavy atom. The average molecular weight is 264 g/mol. The van der Waals surface area contributed by atoms with Crippen LogP contribution >= 0.6 is 12.2 Å². The molecule has 6 heteroatoms. The third-order valence-corrected chi connectivity index (χ3v) is 4.92. The van der Waals surface area contributed by atoms with Crippen molar-refractivity contribution < 1.29 is 8.42 Å². The molecule has 1 aliphatic rings. The van der Waals surface area contributed by atoms with Gasteiger partial charge in [-0.05, 0) is 18.8 Å². The summed E-state index contributed by atoms with van der Waals surface area (Å²) in [6.45, 7) is 4.27. The number of rotatable bonds is 7. The monoisotopic (exact) mass is 264 g/mol. The van der Waals surface area contributed by atoms with Gasteiger partial charge in [-0.3, -0.25) is 0 Å². The van der Waals surface area contributed by atoms with Gasteiger partial charge in [0.05, 0.1) is 10.7 Å². The standard InChI is InChI=1S/C10H20N2O2S2/c1-8(2)7-16(13,14)12(9-3-4-9)6-5-10(11)15/h8-9H,3-7H2,1-2H3,(H2,11,15). The first-order valence-corrected chi connectivity index (χ1v) is 7.62. The molecule has 1 fully saturated rings. The minimum atomic E-state index is -3.14. The Hall–Kier alpha value is -0.200. The highest BCUT2D eigenvalue weighted by Gasteiger charge is 2.36. The minimum Gasteiger partial charge on any atom is -0.393 e. The molecule has 0 aromatic carbocycles. The number of nitrogens with two attached hydrogens (primary N) is 1. The zero-order valence-electron chi connectivity index (χ0n) is 9.85. The van der Waals surface area contributed by atoms with E-state index in [9.17, 15) is 8.42 Å². The molecule has 0 amide bonds. The Balaban J connectivity index is 2.65. The SMILES string of the molecule is CC(C)CS(=O)(=O)N(CCC(N)=S)C1CC1. The summed E-state index contributed by atoms with van der Waals surface area (Å²) in [5.41, 5.74) is 5.42. The van der Waals surface area contributed by atoms with Crippen LogP contribution in [0.1, 0.15) is 33.1 Å². The topological polar surface area (TPSA) is 63.4 Å². The van der Waals surface area contributed by atoms with E-state index in [-0.39, 0.29) is 17.7 Å². The Morgan fingerprint density at radius 2 is 2.06 bits per heavy atom. The Morgan fingerprint density at radius 3 is 2.44 bits per heavy atom. The van der Waals surface area contributed by atoms with Crippen LogP contribution in [0.25, 0.3) is 0 Å². The predicted octanol–water partition coefficient (Wildman–Crippen LogP) is 1.11. The number of thiocarbonyl (C=S) groups is 1. The maximum absolute atomic E-state index is 12.1. The molecule has 0 spiro atoms. The van der Waals surface area contributed by atoms with Gasteiger partial charge in [-0.1, -0.05) is 26.1 Å². The first kappa shape index (κ1) is 13.9. The lowest BCUT2D eigenvalue weighted by Crippen LogP contribution is -2.38. The van der Waals surface area contributed by atoms with E-state index >= 15 is 0 Å². The first-order chi connectivity index (χ1) is 7.33. The van der Waals surface area contributed by atoms with E-state index < -0.39 is 10.0 Å². The van der Waals surface area contributed by atoms with E-state index in [1.54, 1.807) is 4.31 Å². The Bertz CT molecular complexity index is 348. The van der Waals surface area contributed by atoms with Crippen LogP contribution in [0.2, 0.25) is 0 Å². The van der Waals surface area contributed by atoms with Gasteiger partial charge in [0.25, 0.3) is 0 Å². The van der Waals surface area contributed by atoms with E-state index in [0.29, 0.717) is 18.0 Å². The fourth-order valence-electron chi connectivity index (χ4n) is 1.65. The number of nitrogens with zero attached hydrogens (tertiary/aromatic N) is 1. The molecule has 0 radical (unpaired) electrons. The molecule has 1 saturated carbocycles. The molecule has 94 valence electrons. The summed E-state index contributed by atoms with van der Waals surface area (Å²) in [5, 5.41) is 0. The molecular weight excluding hydrogens is 244 g/mol. The molecule has 0 bridgehead atoms. The molecule has 0 aromatic rings. The van der Waals surface area contributed by atoms with Crippen LogP contribution < -0.4 is 5.73 Å². The highest BCUT2D eigenvalue weighted by molar-refractivity contribution is 7.89. The molecule has 0 heterocycles. The van der Waals surface area contributed by atoms with Crippen LogP contribution in [0.4, 0.5) is 0 Å². The van der Waals surface area contributed by atoms with E-state index in [2.05, 4.69) is 0 Å². The van der Waals surface area contributed by atoms with Gasteiger partial charge in [-0.15, -0.1) is 0 Å². The lowest BCUT2D eigenvalue weighted by Gasteiger charge is -2.22. The maximum atomic E-state index is 12.1. The van der Waals surface area contributed by atoms with Crippen molar-refractivity contribution in [2.24, 2.45) is 11.7 Å². The molecule has 16 heavy (non-hydrogen) atoms. The third-order valence-electron chi connectivity index (χ3n) is 2.43. The quantitative estimate of drug-likeness (QED) is 0.700. The van der Waals surface area contributed by atoms with Crippen molar-refractivity contribution in [2.75, 3.05) is 12.3 Å². The molecular formula is C10H20N2O2S2. The molecule has 0 atom stereocenters. The summed E-state index contributed by atoms with van der Waals surface area (Å²) in [5.74, 6) is 0.358. The van der Waals surface area contributed by atoms with Gasteiger partial charge in [-0.2, -0.15) is 4.31 Å². The van der Waals surface area contributed by atoms with Gasteiger partial charge in [0, 0.05) is 19.0 Å². The van der Waals surface area contributed by atoms with Crippen molar-refractivity contribution in [3.05, 3.63) is 0 Å². The second-order valence-corrected chi connectivity index (χ2v) is 7.22. The van der Waals surface area contributed by atoms with E-state index in [1.165, 1.54) is 0 Å². The van der Waals surface area contributed by atoms with Crippen LogP contribution in [-0.2, 0) is 10.0 Å². The smallest absolute Gasteiger partial charge is 0.214 e. The van der Waals surface area contributed by atoms with Crippen molar-refractivity contribution in [1.29, 1.82) is 0 Å². The third kappa shape index (κ3) is 4.35. The van der Waals surface area contributed by atoms with Crippen molar-refractivity contribution in [1.82, 2.24) is 4.31 Å². The van der Waals surface area contributed by atoms with Gasteiger partial charge < -0.3 is 5.73 Å². The molecule has 0 saturated heterocycles. The zero-order valence-corrected chi connectivity index (χ0v) is 11.5. The predicted molar refractivity (Wildman–Crippen MR) is 69.8 cm³/mol. The highest BCUT2D eigenvalue weighted by atomic mass is 32.2. The largest absolute Gasteiger partial charge is 0.393 e. The fourth-order valence-corrected chi connectivity index (χ4v) is 3.81. The zero-order chi connectivity index (χ0) is 12.3. The summed E-state index contributed by atoms with van der Waals surface area (Å²) in [6.07, 6.45) is 2.41. The van der Waals surface area contributed by atoms with Gasteiger partial charge >= 0.3 is 0 Å². The normalized spacial score (nSPS) is 17.0. The molecule has 0 aromatic heterocycles. The van der Waals surface area contributed by atoms with Crippen molar-refractivity contribution >= 4 is 27.2 Å². The summed E-state index contributed by atoms with van der Waals surface area (Å²) >= 11 is 4.79. The van der Waals surface area contributed by atoms with Crippen molar-refractivity contribution in [3.63, 3.8) is 0 Å². The molecule has 1 aliphatic carbocycles. The fraction of sp³-hybridized carbons (Fsp3) is 0.900. The highest BCUT2D eigenvalue weighted by Crippen LogP contribution is 2.30. The minimum absolute atomic E-state index is 0.149. The van der Waals surface area contributed by atoms with Gasteiger partial charge in [-0.25, -0.2) is 8.42 Å². The number of hydrogen-bond donors (Lipinski definition) is 1. The van der Waals surface area contributed by atoms with Gasteiger partial charge in [0.2, 0.25) is 10.0 Å². The Labute approximate surface area is 103 Å².